The Morgan fingerprint density at radius 2 is 1.73 bits per heavy atom. The molecule has 0 saturated heterocycles. The van der Waals surface area contributed by atoms with E-state index in [1.807, 2.05) is 35.1 Å². The Morgan fingerprint density at radius 3 is 2.46 bits per heavy atom. The quantitative estimate of drug-likeness (QED) is 0.684. The van der Waals surface area contributed by atoms with Crippen LogP contribution in [0.15, 0.2) is 67.0 Å². The molecule has 0 bridgehead atoms. The Hall–Kier alpha value is -3.21. The van der Waals surface area contributed by atoms with Crippen LogP contribution in [0.3, 0.4) is 0 Å². The first-order chi connectivity index (χ1) is 12.6. The lowest BCUT2D eigenvalue weighted by atomic mass is 9.94. The van der Waals surface area contributed by atoms with Crippen LogP contribution in [0, 0.1) is 0 Å². The highest BCUT2D eigenvalue weighted by molar-refractivity contribution is 6.07. The van der Waals surface area contributed by atoms with Crippen molar-refractivity contribution in [2.45, 2.75) is 19.5 Å². The second-order valence-electron chi connectivity index (χ2n) is 6.49. The summed E-state index contributed by atoms with van der Waals surface area (Å²) in [4.78, 5) is 26.9. The van der Waals surface area contributed by atoms with Gasteiger partial charge in [-0.2, -0.15) is 5.10 Å². The Bertz CT molecular complexity index is 963. The lowest BCUT2D eigenvalue weighted by Gasteiger charge is -2.35. The van der Waals surface area contributed by atoms with E-state index in [0.29, 0.717) is 24.2 Å². The molecule has 130 valence electrons. The average Bonchev–Trinajstić information content (AvgIpc) is 3.21. The third-order valence-corrected chi connectivity index (χ3v) is 4.84. The highest BCUT2D eigenvalue weighted by atomic mass is 16.2. The smallest absolute Gasteiger partial charge is 0.254 e. The van der Waals surface area contributed by atoms with Gasteiger partial charge in [0, 0.05) is 31.0 Å². The summed E-state index contributed by atoms with van der Waals surface area (Å²) in [6.07, 6.45) is 3.66. The number of Topliss-reactive ketones (excluding diaryl/α,β-unsaturated/α-hetero) is 1. The van der Waals surface area contributed by atoms with E-state index in [-0.39, 0.29) is 17.7 Å². The van der Waals surface area contributed by atoms with Crippen LogP contribution < -0.4 is 0 Å². The van der Waals surface area contributed by atoms with E-state index < -0.39 is 0 Å². The number of amides is 1. The van der Waals surface area contributed by atoms with Crippen molar-refractivity contribution in [2.75, 3.05) is 6.54 Å². The van der Waals surface area contributed by atoms with Gasteiger partial charge in [0.05, 0.1) is 11.6 Å². The maximum atomic E-state index is 13.2. The van der Waals surface area contributed by atoms with E-state index in [4.69, 9.17) is 0 Å². The molecule has 26 heavy (non-hydrogen) atoms. The molecule has 1 aromatic heterocycles. The molecule has 0 radical (unpaired) electrons. The van der Waals surface area contributed by atoms with Gasteiger partial charge in [-0.3, -0.25) is 14.3 Å². The van der Waals surface area contributed by atoms with Gasteiger partial charge in [0.2, 0.25) is 0 Å². The molecule has 2 aromatic carbocycles. The van der Waals surface area contributed by atoms with E-state index in [0.717, 1.165) is 5.56 Å². The molecule has 0 unspecified atom stereocenters. The molecule has 1 amide bonds. The number of rotatable bonds is 3. The molecule has 0 fully saturated rings. The summed E-state index contributed by atoms with van der Waals surface area (Å²) < 4.78 is 1.88. The second kappa shape index (κ2) is 6.59. The van der Waals surface area contributed by atoms with Crippen LogP contribution in [0.2, 0.25) is 0 Å². The monoisotopic (exact) mass is 345 g/mol. The molecule has 1 aliphatic heterocycles. The van der Waals surface area contributed by atoms with Gasteiger partial charge in [-0.15, -0.1) is 0 Å². The van der Waals surface area contributed by atoms with E-state index in [9.17, 15) is 9.59 Å². The Kier molecular flexibility index (Phi) is 4.13. The van der Waals surface area contributed by atoms with Crippen molar-refractivity contribution in [3.63, 3.8) is 0 Å². The minimum Gasteiger partial charge on any atom is -0.332 e. The SMILES string of the molecule is CC(=O)c1ccccc1C(=O)N1Cc2ccccc2[C@H](n2cccn2)C1. The summed E-state index contributed by atoms with van der Waals surface area (Å²) in [5.41, 5.74) is 3.21. The fraction of sp³-hybridized carbons (Fsp3) is 0.190. The van der Waals surface area contributed by atoms with E-state index in [2.05, 4.69) is 11.2 Å². The van der Waals surface area contributed by atoms with Crippen LogP contribution >= 0.6 is 0 Å². The third-order valence-electron chi connectivity index (χ3n) is 4.84. The van der Waals surface area contributed by atoms with Gasteiger partial charge in [-0.05, 0) is 30.2 Å². The van der Waals surface area contributed by atoms with Crippen molar-refractivity contribution in [2.24, 2.45) is 0 Å². The van der Waals surface area contributed by atoms with Crippen molar-refractivity contribution in [3.05, 3.63) is 89.2 Å². The summed E-state index contributed by atoms with van der Waals surface area (Å²) in [5.74, 6) is -0.225. The number of carbonyl (C=O) groups is 2. The number of nitrogens with zero attached hydrogens (tertiary/aromatic N) is 3. The molecule has 1 aliphatic rings. The van der Waals surface area contributed by atoms with Crippen LogP contribution in [0.5, 0.6) is 0 Å². The molecular formula is C21H19N3O2. The highest BCUT2D eigenvalue weighted by Gasteiger charge is 2.30. The summed E-state index contributed by atoms with van der Waals surface area (Å²) >= 11 is 0. The lowest BCUT2D eigenvalue weighted by molar-refractivity contribution is 0.0702. The average molecular weight is 345 g/mol. The zero-order valence-corrected chi connectivity index (χ0v) is 14.5. The number of hydrogen-bond acceptors (Lipinski definition) is 3. The largest absolute Gasteiger partial charge is 0.332 e. The Balaban J connectivity index is 1.73. The molecule has 0 spiro atoms. The topological polar surface area (TPSA) is 55.2 Å². The molecular weight excluding hydrogens is 326 g/mol. The minimum absolute atomic E-state index is 0.0385. The maximum absolute atomic E-state index is 13.2. The first-order valence-corrected chi connectivity index (χ1v) is 8.61. The van der Waals surface area contributed by atoms with Gasteiger partial charge in [0.25, 0.3) is 5.91 Å². The van der Waals surface area contributed by atoms with E-state index in [1.54, 1.807) is 35.4 Å². The van der Waals surface area contributed by atoms with Gasteiger partial charge in [-0.25, -0.2) is 0 Å². The molecule has 2 heterocycles. The van der Waals surface area contributed by atoms with E-state index >= 15 is 0 Å². The molecule has 4 rings (SSSR count). The van der Waals surface area contributed by atoms with Crippen molar-refractivity contribution < 1.29 is 9.59 Å². The van der Waals surface area contributed by atoms with Gasteiger partial charge in [-0.1, -0.05) is 42.5 Å². The fourth-order valence-electron chi connectivity index (χ4n) is 3.57. The minimum atomic E-state index is -0.123. The molecule has 3 aromatic rings. The number of aromatic nitrogens is 2. The van der Waals surface area contributed by atoms with Crippen LogP contribution in [-0.4, -0.2) is 32.9 Å². The first-order valence-electron chi connectivity index (χ1n) is 8.61. The normalized spacial score (nSPS) is 16.2. The molecule has 5 heteroatoms. The van der Waals surface area contributed by atoms with E-state index in [1.165, 1.54) is 12.5 Å². The standard InChI is InChI=1S/C21H19N3O2/c1-15(25)17-8-4-5-10-19(17)21(26)23-13-16-7-2-3-9-18(16)20(14-23)24-12-6-11-22-24/h2-12,20H,13-14H2,1H3/t20-/m1/s1. The van der Waals surface area contributed by atoms with Crippen molar-refractivity contribution in [3.8, 4) is 0 Å². The molecule has 0 aliphatic carbocycles. The van der Waals surface area contributed by atoms with Gasteiger partial charge in [0.15, 0.2) is 5.78 Å². The number of fused-ring (bicyclic) bond motifs is 1. The van der Waals surface area contributed by atoms with Crippen molar-refractivity contribution in [1.29, 1.82) is 0 Å². The number of carbonyl (C=O) groups excluding carboxylic acids is 2. The van der Waals surface area contributed by atoms with Crippen LogP contribution in [-0.2, 0) is 6.54 Å². The summed E-state index contributed by atoms with van der Waals surface area (Å²) in [6.45, 7) is 2.53. The van der Waals surface area contributed by atoms with Gasteiger partial charge >= 0.3 is 0 Å². The predicted octanol–water partition coefficient (Wildman–Crippen LogP) is 3.33. The Labute approximate surface area is 151 Å². The van der Waals surface area contributed by atoms with Crippen molar-refractivity contribution >= 4 is 11.7 Å². The molecule has 0 saturated carbocycles. The number of benzene rings is 2. The number of hydrogen-bond donors (Lipinski definition) is 0. The summed E-state index contributed by atoms with van der Waals surface area (Å²) in [7, 11) is 0. The lowest BCUT2D eigenvalue weighted by Crippen LogP contribution is -2.41. The third kappa shape index (κ3) is 2.81. The highest BCUT2D eigenvalue weighted by Crippen LogP contribution is 2.30. The zero-order chi connectivity index (χ0) is 18.1. The van der Waals surface area contributed by atoms with Gasteiger partial charge in [0.1, 0.15) is 0 Å². The second-order valence-corrected chi connectivity index (χ2v) is 6.49. The van der Waals surface area contributed by atoms with Crippen LogP contribution in [0.25, 0.3) is 0 Å². The Morgan fingerprint density at radius 1 is 1.00 bits per heavy atom. The predicted molar refractivity (Wildman–Crippen MR) is 98.0 cm³/mol. The molecule has 5 nitrogen and oxygen atoms in total. The van der Waals surface area contributed by atoms with Crippen LogP contribution in [0.1, 0.15) is 44.8 Å². The van der Waals surface area contributed by atoms with Crippen LogP contribution in [0.4, 0.5) is 0 Å². The molecule has 0 N–H and O–H groups in total. The maximum Gasteiger partial charge on any atom is 0.254 e. The summed E-state index contributed by atoms with van der Waals surface area (Å²) in [6, 6.07) is 17.0. The first kappa shape index (κ1) is 16.3. The van der Waals surface area contributed by atoms with Crippen molar-refractivity contribution in [1.82, 2.24) is 14.7 Å². The summed E-state index contributed by atoms with van der Waals surface area (Å²) in [5, 5.41) is 4.38. The molecule has 1 atom stereocenters. The zero-order valence-electron chi connectivity index (χ0n) is 14.5. The number of ketones is 1. The van der Waals surface area contributed by atoms with Gasteiger partial charge < -0.3 is 4.90 Å². The fourth-order valence-corrected chi connectivity index (χ4v) is 3.57.